The van der Waals surface area contributed by atoms with Crippen molar-refractivity contribution < 1.29 is 14.3 Å². The van der Waals surface area contributed by atoms with Crippen LogP contribution in [0.5, 0.6) is 0 Å². The first-order valence-corrected chi connectivity index (χ1v) is 6.71. The van der Waals surface area contributed by atoms with Crippen molar-refractivity contribution in [1.82, 2.24) is 15.3 Å². The van der Waals surface area contributed by atoms with Crippen LogP contribution in [0.4, 0.5) is 4.39 Å². The van der Waals surface area contributed by atoms with Gasteiger partial charge in [-0.25, -0.2) is 19.2 Å². The maximum atomic E-state index is 13.7. The first-order valence-electron chi connectivity index (χ1n) is 6.71. The molecule has 0 atom stereocenters. The molecular formula is C15H14FN3O2. The third kappa shape index (κ3) is 2.75. The number of carboxylic acid groups (broad SMARTS) is 1. The number of nitrogens with zero attached hydrogens (tertiary/aromatic N) is 2. The molecule has 1 aromatic carbocycles. The van der Waals surface area contributed by atoms with E-state index in [0.29, 0.717) is 42.2 Å². The molecule has 5 nitrogen and oxygen atoms in total. The van der Waals surface area contributed by atoms with E-state index in [1.165, 1.54) is 6.07 Å². The van der Waals surface area contributed by atoms with E-state index in [1.807, 2.05) is 0 Å². The van der Waals surface area contributed by atoms with Crippen molar-refractivity contribution in [3.8, 4) is 0 Å². The van der Waals surface area contributed by atoms with Crippen LogP contribution in [0.15, 0.2) is 24.3 Å². The minimum absolute atomic E-state index is 0.0350. The van der Waals surface area contributed by atoms with E-state index in [9.17, 15) is 14.3 Å². The average Bonchev–Trinajstić information content (AvgIpc) is 2.48. The highest BCUT2D eigenvalue weighted by Gasteiger charge is 2.21. The third-order valence-corrected chi connectivity index (χ3v) is 3.49. The smallest absolute Gasteiger partial charge is 0.354 e. The second kappa shape index (κ2) is 5.57. The quantitative estimate of drug-likeness (QED) is 0.896. The van der Waals surface area contributed by atoms with Gasteiger partial charge in [0.2, 0.25) is 0 Å². The van der Waals surface area contributed by atoms with Crippen molar-refractivity contribution in [2.75, 3.05) is 6.54 Å². The Hall–Kier alpha value is -2.34. The summed E-state index contributed by atoms with van der Waals surface area (Å²) in [5.74, 6) is -1.07. The van der Waals surface area contributed by atoms with Crippen molar-refractivity contribution in [1.29, 1.82) is 0 Å². The van der Waals surface area contributed by atoms with Crippen LogP contribution in [0.2, 0.25) is 0 Å². The van der Waals surface area contributed by atoms with E-state index in [4.69, 9.17) is 0 Å². The third-order valence-electron chi connectivity index (χ3n) is 3.49. The van der Waals surface area contributed by atoms with Gasteiger partial charge in [-0.2, -0.15) is 0 Å². The molecule has 2 heterocycles. The standard InChI is InChI=1S/C15H14FN3O2/c16-11-4-2-1-3-9(11)7-13-18-12-8-17-6-5-10(12)14(19-13)15(20)21/h1-4,17H,5-8H2,(H,20,21). The van der Waals surface area contributed by atoms with Crippen LogP contribution in [-0.2, 0) is 19.4 Å². The highest BCUT2D eigenvalue weighted by atomic mass is 19.1. The summed E-state index contributed by atoms with van der Waals surface area (Å²) in [5, 5.41) is 12.5. The number of rotatable bonds is 3. The molecule has 0 saturated heterocycles. The van der Waals surface area contributed by atoms with Crippen molar-refractivity contribution in [3.05, 3.63) is 58.4 Å². The van der Waals surface area contributed by atoms with Crippen molar-refractivity contribution in [2.24, 2.45) is 0 Å². The molecule has 2 N–H and O–H groups in total. The zero-order valence-corrected chi connectivity index (χ0v) is 11.3. The Morgan fingerprint density at radius 2 is 2.14 bits per heavy atom. The number of carbonyl (C=O) groups is 1. The van der Waals surface area contributed by atoms with E-state index < -0.39 is 5.97 Å². The molecule has 2 aromatic rings. The summed E-state index contributed by atoms with van der Waals surface area (Å²) < 4.78 is 13.7. The molecule has 0 spiro atoms. The average molecular weight is 287 g/mol. The number of fused-ring (bicyclic) bond motifs is 1. The van der Waals surface area contributed by atoms with Gasteiger partial charge in [0.15, 0.2) is 5.69 Å². The molecule has 1 aromatic heterocycles. The van der Waals surface area contributed by atoms with Gasteiger partial charge < -0.3 is 10.4 Å². The van der Waals surface area contributed by atoms with Gasteiger partial charge in [0.1, 0.15) is 11.6 Å². The van der Waals surface area contributed by atoms with Crippen LogP contribution >= 0.6 is 0 Å². The van der Waals surface area contributed by atoms with E-state index in [2.05, 4.69) is 15.3 Å². The summed E-state index contributed by atoms with van der Waals surface area (Å²) in [6, 6.07) is 6.36. The number of aromatic nitrogens is 2. The monoisotopic (exact) mass is 287 g/mol. The van der Waals surface area contributed by atoms with Gasteiger partial charge in [0, 0.05) is 18.5 Å². The zero-order chi connectivity index (χ0) is 14.8. The molecular weight excluding hydrogens is 273 g/mol. The van der Waals surface area contributed by atoms with E-state index in [1.54, 1.807) is 18.2 Å². The SMILES string of the molecule is O=C(O)c1nc(Cc2ccccc2F)nc2c1CCNC2. The minimum atomic E-state index is -1.06. The highest BCUT2D eigenvalue weighted by molar-refractivity contribution is 5.87. The van der Waals surface area contributed by atoms with Gasteiger partial charge in [0.25, 0.3) is 0 Å². The van der Waals surface area contributed by atoms with Gasteiger partial charge in [-0.15, -0.1) is 0 Å². The Balaban J connectivity index is 2.01. The van der Waals surface area contributed by atoms with E-state index in [-0.39, 0.29) is 17.9 Å². The van der Waals surface area contributed by atoms with Crippen LogP contribution in [0.3, 0.4) is 0 Å². The van der Waals surface area contributed by atoms with Crippen LogP contribution in [0.1, 0.15) is 33.1 Å². The summed E-state index contributed by atoms with van der Waals surface area (Å²) in [6.45, 7) is 1.23. The fourth-order valence-corrected chi connectivity index (χ4v) is 2.48. The van der Waals surface area contributed by atoms with Crippen LogP contribution in [0, 0.1) is 5.82 Å². The van der Waals surface area contributed by atoms with Crippen LogP contribution in [0.25, 0.3) is 0 Å². The van der Waals surface area contributed by atoms with Crippen LogP contribution in [-0.4, -0.2) is 27.6 Å². The maximum absolute atomic E-state index is 13.7. The van der Waals surface area contributed by atoms with Gasteiger partial charge in [-0.05, 0) is 24.6 Å². The molecule has 108 valence electrons. The van der Waals surface area contributed by atoms with E-state index in [0.717, 1.165) is 0 Å². The Kier molecular flexibility index (Phi) is 3.62. The molecule has 1 aliphatic rings. The number of nitrogens with one attached hydrogen (secondary N) is 1. The van der Waals surface area contributed by atoms with Crippen molar-refractivity contribution in [2.45, 2.75) is 19.4 Å². The number of benzene rings is 1. The lowest BCUT2D eigenvalue weighted by molar-refractivity contribution is 0.0688. The predicted molar refractivity (Wildman–Crippen MR) is 73.6 cm³/mol. The summed E-state index contributed by atoms with van der Waals surface area (Å²) in [6.07, 6.45) is 0.775. The molecule has 0 saturated carbocycles. The van der Waals surface area contributed by atoms with E-state index >= 15 is 0 Å². The summed E-state index contributed by atoms with van der Waals surface area (Å²) in [7, 11) is 0. The molecule has 0 radical (unpaired) electrons. The van der Waals surface area contributed by atoms with Crippen LogP contribution < -0.4 is 5.32 Å². The molecule has 0 bridgehead atoms. The molecule has 0 unspecified atom stereocenters. The second-order valence-corrected chi connectivity index (χ2v) is 4.91. The van der Waals surface area contributed by atoms with Crippen molar-refractivity contribution >= 4 is 5.97 Å². The molecule has 1 aliphatic heterocycles. The summed E-state index contributed by atoms with van der Waals surface area (Å²) in [5.41, 5.74) is 1.86. The van der Waals surface area contributed by atoms with Gasteiger partial charge in [0.05, 0.1) is 5.69 Å². The zero-order valence-electron chi connectivity index (χ0n) is 11.3. The lowest BCUT2D eigenvalue weighted by Gasteiger charge is -2.18. The largest absolute Gasteiger partial charge is 0.477 e. The lowest BCUT2D eigenvalue weighted by atomic mass is 10.0. The lowest BCUT2D eigenvalue weighted by Crippen LogP contribution is -2.28. The molecule has 0 aliphatic carbocycles. The number of carboxylic acids is 1. The second-order valence-electron chi connectivity index (χ2n) is 4.91. The number of hydrogen-bond acceptors (Lipinski definition) is 4. The number of aromatic carboxylic acids is 1. The molecule has 3 rings (SSSR count). The normalized spacial score (nSPS) is 13.8. The number of halogens is 1. The Morgan fingerprint density at radius 1 is 1.33 bits per heavy atom. The predicted octanol–water partition coefficient (Wildman–Crippen LogP) is 1.55. The summed E-state index contributed by atoms with van der Waals surface area (Å²) in [4.78, 5) is 19.9. The van der Waals surface area contributed by atoms with Gasteiger partial charge in [-0.3, -0.25) is 0 Å². The Labute approximate surface area is 120 Å². The fraction of sp³-hybridized carbons (Fsp3) is 0.267. The first-order chi connectivity index (χ1) is 10.1. The maximum Gasteiger partial charge on any atom is 0.354 e. The minimum Gasteiger partial charge on any atom is -0.477 e. The number of hydrogen-bond donors (Lipinski definition) is 2. The fourth-order valence-electron chi connectivity index (χ4n) is 2.48. The Morgan fingerprint density at radius 3 is 2.90 bits per heavy atom. The van der Waals surface area contributed by atoms with Gasteiger partial charge in [-0.1, -0.05) is 18.2 Å². The summed E-state index contributed by atoms with van der Waals surface area (Å²) >= 11 is 0. The topological polar surface area (TPSA) is 75.1 Å². The first kappa shape index (κ1) is 13.6. The van der Waals surface area contributed by atoms with Gasteiger partial charge >= 0.3 is 5.97 Å². The molecule has 21 heavy (non-hydrogen) atoms. The molecule has 0 amide bonds. The molecule has 0 fully saturated rings. The highest BCUT2D eigenvalue weighted by Crippen LogP contribution is 2.18. The molecule has 6 heteroatoms. The Bertz CT molecular complexity index is 703. The van der Waals surface area contributed by atoms with Crippen molar-refractivity contribution in [3.63, 3.8) is 0 Å².